The van der Waals surface area contributed by atoms with Crippen molar-refractivity contribution in [2.45, 2.75) is 39.5 Å². The molecule has 3 unspecified atom stereocenters. The first-order valence-electron chi connectivity index (χ1n) is 6.17. The summed E-state index contributed by atoms with van der Waals surface area (Å²) in [6.07, 6.45) is -0.712. The molecule has 0 saturated carbocycles. The Morgan fingerprint density at radius 2 is 0.895 bits per heavy atom. The van der Waals surface area contributed by atoms with Crippen molar-refractivity contribution < 1.29 is 28.4 Å². The third kappa shape index (κ3) is 7.78. The van der Waals surface area contributed by atoms with Crippen LogP contribution in [0, 0.1) is 0 Å². The monoisotopic (exact) mass is 281 g/mol. The standard InChI is InChI=1S/C12H27NO6/c1-10(17-7-14-4)13(11(2)18-8-15-5)12(3)19-9-16-6/h10-12H,7-9H2,1-6H3. The molecule has 0 saturated heterocycles. The lowest BCUT2D eigenvalue weighted by Gasteiger charge is -2.37. The van der Waals surface area contributed by atoms with E-state index < -0.39 is 0 Å². The first-order chi connectivity index (χ1) is 9.08. The van der Waals surface area contributed by atoms with Gasteiger partial charge in [0, 0.05) is 21.3 Å². The minimum absolute atomic E-state index is 0.200. The van der Waals surface area contributed by atoms with Crippen LogP contribution >= 0.6 is 0 Å². The molecule has 0 aliphatic rings. The third-order valence-electron chi connectivity index (χ3n) is 2.54. The summed E-state index contributed by atoms with van der Waals surface area (Å²) in [6, 6.07) is 0. The van der Waals surface area contributed by atoms with Gasteiger partial charge in [0.1, 0.15) is 39.1 Å². The Balaban J connectivity index is 4.50. The molecule has 3 atom stereocenters. The summed E-state index contributed by atoms with van der Waals surface area (Å²) < 4.78 is 31.3. The van der Waals surface area contributed by atoms with Crippen LogP contribution in [0.15, 0.2) is 0 Å². The van der Waals surface area contributed by atoms with E-state index in [9.17, 15) is 0 Å². The molecule has 0 aromatic rings. The van der Waals surface area contributed by atoms with E-state index in [-0.39, 0.29) is 39.1 Å². The van der Waals surface area contributed by atoms with E-state index in [1.807, 2.05) is 25.7 Å². The summed E-state index contributed by atoms with van der Waals surface area (Å²) in [5.74, 6) is 0. The van der Waals surface area contributed by atoms with Crippen LogP contribution in [-0.2, 0) is 28.4 Å². The van der Waals surface area contributed by atoms with Gasteiger partial charge in [-0.3, -0.25) is 0 Å². The fourth-order valence-corrected chi connectivity index (χ4v) is 1.64. The van der Waals surface area contributed by atoms with Crippen molar-refractivity contribution >= 4 is 0 Å². The van der Waals surface area contributed by atoms with Crippen molar-refractivity contribution in [3.05, 3.63) is 0 Å². The lowest BCUT2D eigenvalue weighted by atomic mass is 10.4. The zero-order valence-corrected chi connectivity index (χ0v) is 12.8. The number of rotatable bonds is 12. The summed E-state index contributed by atoms with van der Waals surface area (Å²) in [6.45, 7) is 6.30. The van der Waals surface area contributed by atoms with Gasteiger partial charge < -0.3 is 28.4 Å². The van der Waals surface area contributed by atoms with Gasteiger partial charge in [0.2, 0.25) is 0 Å². The van der Waals surface area contributed by atoms with E-state index in [2.05, 4.69) is 0 Å². The van der Waals surface area contributed by atoms with Crippen molar-refractivity contribution in [1.29, 1.82) is 0 Å². The zero-order valence-electron chi connectivity index (χ0n) is 12.8. The largest absolute Gasteiger partial charge is 0.359 e. The van der Waals surface area contributed by atoms with E-state index in [0.29, 0.717) is 0 Å². The number of methoxy groups -OCH3 is 3. The van der Waals surface area contributed by atoms with Crippen molar-refractivity contribution in [2.24, 2.45) is 0 Å². The van der Waals surface area contributed by atoms with Gasteiger partial charge in [-0.2, -0.15) is 0 Å². The normalized spacial score (nSPS) is 16.6. The molecule has 0 rings (SSSR count). The predicted molar refractivity (Wildman–Crippen MR) is 69.1 cm³/mol. The van der Waals surface area contributed by atoms with Crippen LogP contribution in [-0.4, -0.2) is 65.3 Å². The smallest absolute Gasteiger partial charge is 0.148 e. The number of hydrogen-bond acceptors (Lipinski definition) is 7. The fourth-order valence-electron chi connectivity index (χ4n) is 1.64. The summed E-state index contributed by atoms with van der Waals surface area (Å²) in [5, 5.41) is 0. The van der Waals surface area contributed by atoms with Crippen LogP contribution < -0.4 is 0 Å². The van der Waals surface area contributed by atoms with Gasteiger partial charge in [-0.05, 0) is 20.8 Å². The summed E-state index contributed by atoms with van der Waals surface area (Å²) in [4.78, 5) is 1.91. The van der Waals surface area contributed by atoms with Crippen LogP contribution in [0.4, 0.5) is 0 Å². The van der Waals surface area contributed by atoms with Gasteiger partial charge in [-0.1, -0.05) is 0 Å². The topological polar surface area (TPSA) is 58.6 Å². The highest BCUT2D eigenvalue weighted by Crippen LogP contribution is 2.14. The van der Waals surface area contributed by atoms with Crippen molar-refractivity contribution in [2.75, 3.05) is 41.7 Å². The summed E-state index contributed by atoms with van der Waals surface area (Å²) in [5.41, 5.74) is 0. The van der Waals surface area contributed by atoms with Gasteiger partial charge in [0.25, 0.3) is 0 Å². The van der Waals surface area contributed by atoms with E-state index in [1.54, 1.807) is 21.3 Å². The first kappa shape index (κ1) is 18.7. The second kappa shape index (κ2) is 11.5. The van der Waals surface area contributed by atoms with E-state index >= 15 is 0 Å². The van der Waals surface area contributed by atoms with Gasteiger partial charge >= 0.3 is 0 Å². The van der Waals surface area contributed by atoms with Crippen LogP contribution in [0.25, 0.3) is 0 Å². The molecule has 0 N–H and O–H groups in total. The predicted octanol–water partition coefficient (Wildman–Crippen LogP) is 1.19. The van der Waals surface area contributed by atoms with Crippen molar-refractivity contribution in [1.82, 2.24) is 4.90 Å². The highest BCUT2D eigenvalue weighted by Gasteiger charge is 2.27. The average Bonchev–Trinajstić information content (AvgIpc) is 2.40. The summed E-state index contributed by atoms with van der Waals surface area (Å²) in [7, 11) is 4.73. The third-order valence-corrected chi connectivity index (χ3v) is 2.54. The van der Waals surface area contributed by atoms with Gasteiger partial charge in [-0.15, -0.1) is 0 Å². The van der Waals surface area contributed by atoms with Gasteiger partial charge in [0.15, 0.2) is 0 Å². The molecule has 19 heavy (non-hydrogen) atoms. The van der Waals surface area contributed by atoms with Crippen molar-refractivity contribution in [3.8, 4) is 0 Å². The van der Waals surface area contributed by atoms with Crippen LogP contribution in [0.5, 0.6) is 0 Å². The van der Waals surface area contributed by atoms with Crippen molar-refractivity contribution in [3.63, 3.8) is 0 Å². The second-order valence-corrected chi connectivity index (χ2v) is 3.96. The molecule has 0 spiro atoms. The Kier molecular flexibility index (Phi) is 11.4. The van der Waals surface area contributed by atoms with Crippen LogP contribution in [0.2, 0.25) is 0 Å². The maximum atomic E-state index is 5.52. The molecule has 7 nitrogen and oxygen atoms in total. The Morgan fingerprint density at radius 3 is 1.11 bits per heavy atom. The van der Waals surface area contributed by atoms with Crippen LogP contribution in [0.3, 0.4) is 0 Å². The maximum Gasteiger partial charge on any atom is 0.148 e. The molecular weight excluding hydrogens is 254 g/mol. The molecule has 0 aromatic carbocycles. The molecule has 0 bridgehead atoms. The number of hydrogen-bond donors (Lipinski definition) is 0. The van der Waals surface area contributed by atoms with Gasteiger partial charge in [0.05, 0.1) is 0 Å². The first-order valence-corrected chi connectivity index (χ1v) is 6.17. The molecule has 0 amide bonds. The highest BCUT2D eigenvalue weighted by molar-refractivity contribution is 4.63. The molecule has 0 heterocycles. The van der Waals surface area contributed by atoms with Crippen LogP contribution in [0.1, 0.15) is 20.8 Å². The Hall–Kier alpha value is -0.280. The lowest BCUT2D eigenvalue weighted by Crippen LogP contribution is -2.50. The maximum absolute atomic E-state index is 5.52. The van der Waals surface area contributed by atoms with E-state index in [4.69, 9.17) is 28.4 Å². The minimum atomic E-state index is -0.237. The molecule has 7 heteroatoms. The number of ether oxygens (including phenoxy) is 6. The average molecular weight is 281 g/mol. The zero-order chi connectivity index (χ0) is 14.7. The summed E-state index contributed by atoms with van der Waals surface area (Å²) >= 11 is 0. The van der Waals surface area contributed by atoms with E-state index in [1.165, 1.54) is 0 Å². The molecule has 116 valence electrons. The second-order valence-electron chi connectivity index (χ2n) is 3.96. The number of nitrogens with zero attached hydrogens (tertiary/aromatic N) is 1. The SMILES string of the molecule is COCOC(C)N(C(C)OCOC)C(C)OCOC. The molecule has 0 aliphatic heterocycles. The van der Waals surface area contributed by atoms with E-state index in [0.717, 1.165) is 0 Å². The highest BCUT2D eigenvalue weighted by atomic mass is 16.7. The Labute approximate surface area is 115 Å². The fraction of sp³-hybridized carbons (Fsp3) is 1.00. The molecular formula is C12H27NO6. The quantitative estimate of drug-likeness (QED) is 0.498. The molecule has 0 aliphatic carbocycles. The minimum Gasteiger partial charge on any atom is -0.359 e. The Morgan fingerprint density at radius 1 is 0.632 bits per heavy atom. The lowest BCUT2D eigenvalue weighted by molar-refractivity contribution is -0.252. The van der Waals surface area contributed by atoms with Gasteiger partial charge in [-0.25, -0.2) is 4.90 Å². The Bertz CT molecular complexity index is 173. The molecule has 0 fully saturated rings. The molecule has 0 aromatic heterocycles. The molecule has 0 radical (unpaired) electrons.